The molecule has 180 valence electrons. The standard InChI is InChI=1S/C18H16ClF4N3O5S2/c19-12-7-15(13(20)8-14(12)30-11-5-9-1-2-10(6-11)25-9)33(28,29)26(17-24-3-4-32-17)31-16(27)18(21,22)23/h3-4,7-11,25H,1-2,5-6H2/t9-,10+,11-. The van der Waals surface area contributed by atoms with Gasteiger partial charge in [-0.3, -0.25) is 0 Å². The Hall–Kier alpha value is -2.16. The van der Waals surface area contributed by atoms with Gasteiger partial charge in [-0.05, 0) is 31.7 Å². The fourth-order valence-corrected chi connectivity index (χ4v) is 6.15. The van der Waals surface area contributed by atoms with Crippen molar-refractivity contribution < 1.29 is 40.3 Å². The summed E-state index contributed by atoms with van der Waals surface area (Å²) in [6, 6.07) is 1.98. The largest absolute Gasteiger partial charge is 0.493 e. The van der Waals surface area contributed by atoms with Crippen LogP contribution in [-0.4, -0.2) is 43.7 Å². The lowest BCUT2D eigenvalue weighted by Gasteiger charge is -2.30. The molecular weight excluding hydrogens is 514 g/mol. The molecule has 33 heavy (non-hydrogen) atoms. The van der Waals surface area contributed by atoms with Crippen LogP contribution >= 0.6 is 22.9 Å². The minimum absolute atomic E-state index is 0.104. The summed E-state index contributed by atoms with van der Waals surface area (Å²) in [6.45, 7) is 0. The number of hydrogen-bond donors (Lipinski definition) is 1. The highest BCUT2D eigenvalue weighted by molar-refractivity contribution is 7.92. The van der Waals surface area contributed by atoms with E-state index in [0.29, 0.717) is 30.2 Å². The second-order valence-corrected chi connectivity index (χ2v) is 10.5. The summed E-state index contributed by atoms with van der Waals surface area (Å²) in [5.74, 6) is -4.28. The van der Waals surface area contributed by atoms with Crippen molar-refractivity contribution in [2.75, 3.05) is 4.47 Å². The summed E-state index contributed by atoms with van der Waals surface area (Å²) in [5, 5.41) is 3.72. The molecule has 3 heterocycles. The molecule has 0 spiro atoms. The van der Waals surface area contributed by atoms with Crippen LogP contribution in [0.2, 0.25) is 5.02 Å². The van der Waals surface area contributed by atoms with E-state index >= 15 is 0 Å². The zero-order valence-corrected chi connectivity index (χ0v) is 18.9. The van der Waals surface area contributed by atoms with Crippen molar-refractivity contribution in [2.24, 2.45) is 0 Å². The van der Waals surface area contributed by atoms with Gasteiger partial charge in [0.25, 0.3) is 0 Å². The van der Waals surface area contributed by atoms with E-state index in [1.807, 2.05) is 0 Å². The number of halogens is 5. The molecule has 1 N–H and O–H groups in total. The van der Waals surface area contributed by atoms with Gasteiger partial charge in [-0.25, -0.2) is 14.2 Å². The number of anilines is 1. The third-order valence-electron chi connectivity index (χ3n) is 5.18. The molecule has 1 aromatic carbocycles. The van der Waals surface area contributed by atoms with E-state index in [1.165, 1.54) is 5.38 Å². The summed E-state index contributed by atoms with van der Waals surface area (Å²) < 4.78 is 84.3. The number of alkyl halides is 3. The molecule has 2 bridgehead atoms. The second kappa shape index (κ2) is 8.89. The lowest BCUT2D eigenvalue weighted by atomic mass is 10.0. The Morgan fingerprint density at radius 3 is 2.48 bits per heavy atom. The number of hydrogen-bond acceptors (Lipinski definition) is 8. The number of benzene rings is 1. The number of nitrogens with one attached hydrogen (secondary N) is 1. The van der Waals surface area contributed by atoms with Crippen molar-refractivity contribution in [1.29, 1.82) is 0 Å². The van der Waals surface area contributed by atoms with Crippen LogP contribution in [0.3, 0.4) is 0 Å². The molecular formula is C18H16ClF4N3O5S2. The topological polar surface area (TPSA) is 97.8 Å². The first-order valence-electron chi connectivity index (χ1n) is 9.61. The highest BCUT2D eigenvalue weighted by Gasteiger charge is 2.46. The van der Waals surface area contributed by atoms with Gasteiger partial charge < -0.3 is 14.9 Å². The molecule has 0 aliphatic carbocycles. The first kappa shape index (κ1) is 24.0. The number of ether oxygens (including phenoxy) is 1. The van der Waals surface area contributed by atoms with Crippen LogP contribution in [0.1, 0.15) is 25.7 Å². The number of carbonyl (C=O) groups is 1. The van der Waals surface area contributed by atoms with Crippen molar-refractivity contribution in [1.82, 2.24) is 10.3 Å². The van der Waals surface area contributed by atoms with Crippen LogP contribution < -0.4 is 14.5 Å². The zero-order chi connectivity index (χ0) is 24.0. The molecule has 0 radical (unpaired) electrons. The Morgan fingerprint density at radius 1 is 1.24 bits per heavy atom. The van der Waals surface area contributed by atoms with Gasteiger partial charge in [0.15, 0.2) is 0 Å². The Morgan fingerprint density at radius 2 is 1.91 bits per heavy atom. The number of nitrogens with zero attached hydrogens (tertiary/aromatic N) is 2. The lowest BCUT2D eigenvalue weighted by molar-refractivity contribution is -0.199. The van der Waals surface area contributed by atoms with E-state index in [2.05, 4.69) is 15.1 Å². The van der Waals surface area contributed by atoms with Gasteiger partial charge in [-0.1, -0.05) is 16.1 Å². The van der Waals surface area contributed by atoms with Gasteiger partial charge >= 0.3 is 22.2 Å². The van der Waals surface area contributed by atoms with Crippen molar-refractivity contribution >= 4 is 44.1 Å². The molecule has 2 fully saturated rings. The number of rotatable bonds is 6. The minimum atomic E-state index is -5.51. The number of piperidine rings is 1. The lowest BCUT2D eigenvalue weighted by Crippen LogP contribution is -2.42. The molecule has 4 rings (SSSR count). The fraction of sp³-hybridized carbons (Fsp3) is 0.444. The molecule has 3 atom stereocenters. The van der Waals surface area contributed by atoms with Crippen LogP contribution in [0.15, 0.2) is 28.6 Å². The number of thiazole rings is 1. The molecule has 2 aliphatic heterocycles. The molecule has 2 saturated heterocycles. The Labute approximate surface area is 194 Å². The van der Waals surface area contributed by atoms with Crippen molar-refractivity contribution in [3.05, 3.63) is 34.5 Å². The van der Waals surface area contributed by atoms with Gasteiger partial charge in [0.2, 0.25) is 5.13 Å². The molecule has 2 aliphatic rings. The van der Waals surface area contributed by atoms with E-state index in [4.69, 9.17) is 16.3 Å². The van der Waals surface area contributed by atoms with Gasteiger partial charge in [-0.2, -0.15) is 21.6 Å². The maximum atomic E-state index is 14.9. The maximum absolute atomic E-state index is 14.9. The molecule has 0 amide bonds. The van der Waals surface area contributed by atoms with Gasteiger partial charge in [0.1, 0.15) is 22.6 Å². The van der Waals surface area contributed by atoms with E-state index in [1.54, 1.807) is 0 Å². The SMILES string of the molecule is O=C(ON(c1nccs1)S(=O)(=O)c1cc(Cl)c(O[C@@H]2C[C@H]3CC[C@@H](C2)N3)cc1F)C(F)(F)F. The first-order valence-corrected chi connectivity index (χ1v) is 12.3. The van der Waals surface area contributed by atoms with E-state index < -0.39 is 38.0 Å². The van der Waals surface area contributed by atoms with E-state index in [0.717, 1.165) is 25.1 Å². The van der Waals surface area contributed by atoms with E-state index in [9.17, 15) is 30.8 Å². The maximum Gasteiger partial charge on any atom is 0.493 e. The van der Waals surface area contributed by atoms with Crippen LogP contribution in [0.4, 0.5) is 22.7 Å². The third-order valence-corrected chi connectivity index (χ3v) is 7.88. The monoisotopic (exact) mass is 529 g/mol. The Balaban J connectivity index is 1.63. The normalized spacial score (nSPS) is 22.8. The quantitative estimate of drug-likeness (QED) is 0.449. The second-order valence-electron chi connectivity index (χ2n) is 7.49. The minimum Gasteiger partial charge on any atom is -0.489 e. The van der Waals surface area contributed by atoms with Crippen LogP contribution in [0.25, 0.3) is 0 Å². The van der Waals surface area contributed by atoms with Crippen LogP contribution in [0, 0.1) is 5.82 Å². The smallest absolute Gasteiger partial charge is 0.489 e. The fourth-order valence-electron chi connectivity index (χ4n) is 3.79. The highest BCUT2D eigenvalue weighted by atomic mass is 35.5. The first-order chi connectivity index (χ1) is 15.4. The summed E-state index contributed by atoms with van der Waals surface area (Å²) in [5.41, 5.74) is 0. The number of aromatic nitrogens is 1. The van der Waals surface area contributed by atoms with Gasteiger partial charge in [0.05, 0.1) is 5.02 Å². The predicted molar refractivity (Wildman–Crippen MR) is 109 cm³/mol. The summed E-state index contributed by atoms with van der Waals surface area (Å²) in [7, 11) is -5.18. The Kier molecular flexibility index (Phi) is 6.46. The number of sulfonamides is 1. The molecule has 15 heteroatoms. The number of fused-ring (bicyclic) bond motifs is 2. The molecule has 2 aromatic rings. The third kappa shape index (κ3) is 5.03. The van der Waals surface area contributed by atoms with E-state index in [-0.39, 0.29) is 33.4 Å². The van der Waals surface area contributed by atoms with Crippen LogP contribution in [0.5, 0.6) is 5.75 Å². The molecule has 8 nitrogen and oxygen atoms in total. The van der Waals surface area contributed by atoms with Crippen molar-refractivity contribution in [2.45, 2.75) is 54.9 Å². The van der Waals surface area contributed by atoms with Gasteiger partial charge in [0, 0.05) is 29.7 Å². The van der Waals surface area contributed by atoms with Crippen LogP contribution in [-0.2, 0) is 19.7 Å². The predicted octanol–water partition coefficient (Wildman–Crippen LogP) is 3.81. The molecule has 0 saturated carbocycles. The van der Waals surface area contributed by atoms with Crippen molar-refractivity contribution in [3.63, 3.8) is 0 Å². The Bertz CT molecular complexity index is 1130. The number of carbonyl (C=O) groups excluding carboxylic acids is 1. The summed E-state index contributed by atoms with van der Waals surface area (Å²) >= 11 is 6.68. The average Bonchev–Trinajstić information content (AvgIpc) is 3.37. The van der Waals surface area contributed by atoms with Gasteiger partial charge in [-0.15, -0.1) is 11.3 Å². The zero-order valence-electron chi connectivity index (χ0n) is 16.5. The molecule has 1 aromatic heterocycles. The molecule has 0 unspecified atom stereocenters. The average molecular weight is 530 g/mol. The summed E-state index contributed by atoms with van der Waals surface area (Å²) in [4.78, 5) is 17.8. The summed E-state index contributed by atoms with van der Waals surface area (Å²) in [6.07, 6.45) is -1.38. The highest BCUT2D eigenvalue weighted by Crippen LogP contribution is 2.37. The van der Waals surface area contributed by atoms with Crippen molar-refractivity contribution in [3.8, 4) is 5.75 Å².